The van der Waals surface area contributed by atoms with Crippen LogP contribution in [0.25, 0.3) is 0 Å². The Morgan fingerprint density at radius 1 is 0.897 bits per heavy atom. The summed E-state index contributed by atoms with van der Waals surface area (Å²) in [7, 11) is 1.61. The number of amides is 2. The molecule has 0 unspecified atom stereocenters. The van der Waals surface area contributed by atoms with Crippen LogP contribution >= 0.6 is 0 Å². The Bertz CT molecular complexity index is 847. The van der Waals surface area contributed by atoms with E-state index in [1.807, 2.05) is 32.0 Å². The van der Waals surface area contributed by atoms with E-state index in [9.17, 15) is 22.8 Å². The molecular formula is C20H22F3N3O3. The van der Waals surface area contributed by atoms with Gasteiger partial charge in [-0.1, -0.05) is 6.07 Å². The molecule has 0 spiro atoms. The van der Waals surface area contributed by atoms with Crippen LogP contribution in [0.15, 0.2) is 42.5 Å². The van der Waals surface area contributed by atoms with Crippen molar-refractivity contribution in [2.45, 2.75) is 20.2 Å². The molecular weight excluding hydrogens is 387 g/mol. The van der Waals surface area contributed by atoms with Crippen LogP contribution in [0.2, 0.25) is 0 Å². The minimum atomic E-state index is -4.77. The first-order valence-corrected chi connectivity index (χ1v) is 8.72. The number of benzene rings is 2. The lowest BCUT2D eigenvalue weighted by molar-refractivity contribution is -0.274. The van der Waals surface area contributed by atoms with Gasteiger partial charge in [0.05, 0.1) is 13.1 Å². The Balaban J connectivity index is 1.81. The number of likely N-dealkylation sites (N-methyl/N-ethyl adjacent to an activating group) is 1. The Morgan fingerprint density at radius 2 is 1.38 bits per heavy atom. The summed E-state index contributed by atoms with van der Waals surface area (Å²) in [5, 5.41) is 5.34. The molecule has 0 heterocycles. The molecule has 0 atom stereocenters. The third kappa shape index (κ3) is 8.22. The molecule has 0 aliphatic heterocycles. The van der Waals surface area contributed by atoms with E-state index in [0.29, 0.717) is 11.4 Å². The van der Waals surface area contributed by atoms with Gasteiger partial charge in [-0.3, -0.25) is 14.5 Å². The standard InChI is InChI=1S/C20H22F3N3O3/c1-13-8-14(2)10-16(9-13)25-19(28)12-26(3)11-18(27)24-15-4-6-17(7-5-15)29-20(21,22)23/h4-10H,11-12H2,1-3H3,(H,24,27)(H,25,28). The molecule has 2 aromatic carbocycles. The second-order valence-electron chi connectivity index (χ2n) is 6.72. The summed E-state index contributed by atoms with van der Waals surface area (Å²) >= 11 is 0. The van der Waals surface area contributed by atoms with Crippen molar-refractivity contribution < 1.29 is 27.5 Å². The number of alkyl halides is 3. The largest absolute Gasteiger partial charge is 0.573 e. The summed E-state index contributed by atoms with van der Waals surface area (Å²) in [5.41, 5.74) is 3.06. The maximum absolute atomic E-state index is 12.1. The molecule has 0 saturated carbocycles. The molecule has 0 radical (unpaired) electrons. The van der Waals surface area contributed by atoms with Crippen molar-refractivity contribution in [1.82, 2.24) is 4.90 Å². The zero-order chi connectivity index (χ0) is 21.6. The zero-order valence-electron chi connectivity index (χ0n) is 16.3. The van der Waals surface area contributed by atoms with E-state index >= 15 is 0 Å². The average Bonchev–Trinajstić information content (AvgIpc) is 2.53. The molecule has 29 heavy (non-hydrogen) atoms. The van der Waals surface area contributed by atoms with Gasteiger partial charge in [0.15, 0.2) is 0 Å². The Kier molecular flexibility index (Phi) is 7.22. The molecule has 9 heteroatoms. The van der Waals surface area contributed by atoms with E-state index in [0.717, 1.165) is 23.3 Å². The predicted octanol–water partition coefficient (Wildman–Crippen LogP) is 3.71. The van der Waals surface area contributed by atoms with Crippen molar-refractivity contribution >= 4 is 23.2 Å². The summed E-state index contributed by atoms with van der Waals surface area (Å²) in [5.74, 6) is -1.05. The SMILES string of the molecule is Cc1cc(C)cc(NC(=O)CN(C)CC(=O)Nc2ccc(OC(F)(F)F)cc2)c1. The number of hydrogen-bond donors (Lipinski definition) is 2. The van der Waals surface area contributed by atoms with Crippen LogP contribution in [-0.2, 0) is 9.59 Å². The number of nitrogens with zero attached hydrogens (tertiary/aromatic N) is 1. The lowest BCUT2D eigenvalue weighted by Gasteiger charge is -2.16. The summed E-state index contributed by atoms with van der Waals surface area (Å²) in [4.78, 5) is 25.7. The fourth-order valence-electron chi connectivity index (χ4n) is 2.73. The normalized spacial score (nSPS) is 11.3. The topological polar surface area (TPSA) is 70.7 Å². The molecule has 0 aliphatic rings. The van der Waals surface area contributed by atoms with E-state index in [-0.39, 0.29) is 24.7 Å². The van der Waals surface area contributed by atoms with Crippen LogP contribution in [0.4, 0.5) is 24.5 Å². The second kappa shape index (κ2) is 9.42. The van der Waals surface area contributed by atoms with Crippen LogP contribution in [0.5, 0.6) is 5.75 Å². The minimum Gasteiger partial charge on any atom is -0.406 e. The molecule has 0 bridgehead atoms. The summed E-state index contributed by atoms with van der Waals surface area (Å²) in [6.07, 6.45) is -4.77. The highest BCUT2D eigenvalue weighted by molar-refractivity contribution is 5.94. The molecule has 6 nitrogen and oxygen atoms in total. The smallest absolute Gasteiger partial charge is 0.406 e. The lowest BCUT2D eigenvalue weighted by Crippen LogP contribution is -2.36. The maximum Gasteiger partial charge on any atom is 0.573 e. The molecule has 0 saturated heterocycles. The number of nitrogens with one attached hydrogen (secondary N) is 2. The van der Waals surface area contributed by atoms with Gasteiger partial charge in [-0.05, 0) is 68.4 Å². The number of carbonyl (C=O) groups is 2. The number of halogens is 3. The summed E-state index contributed by atoms with van der Waals surface area (Å²) in [6.45, 7) is 3.79. The minimum absolute atomic E-state index is 0.00122. The van der Waals surface area contributed by atoms with E-state index < -0.39 is 12.3 Å². The van der Waals surface area contributed by atoms with Crippen LogP contribution in [0.3, 0.4) is 0 Å². The highest BCUT2D eigenvalue weighted by Gasteiger charge is 2.30. The van der Waals surface area contributed by atoms with E-state index in [2.05, 4.69) is 15.4 Å². The fraction of sp³-hybridized carbons (Fsp3) is 0.300. The third-order valence-electron chi connectivity index (χ3n) is 3.70. The van der Waals surface area contributed by atoms with E-state index in [1.165, 1.54) is 17.0 Å². The lowest BCUT2D eigenvalue weighted by atomic mass is 10.1. The molecule has 0 aromatic heterocycles. The van der Waals surface area contributed by atoms with Crippen molar-refractivity contribution in [3.05, 3.63) is 53.6 Å². The van der Waals surface area contributed by atoms with Crippen LogP contribution < -0.4 is 15.4 Å². The quantitative estimate of drug-likeness (QED) is 0.732. The van der Waals surface area contributed by atoms with Crippen molar-refractivity contribution in [1.29, 1.82) is 0 Å². The molecule has 0 aliphatic carbocycles. The first kappa shape index (κ1) is 22.2. The zero-order valence-corrected chi connectivity index (χ0v) is 16.3. The number of carbonyl (C=O) groups excluding carboxylic acids is 2. The molecule has 2 rings (SSSR count). The number of rotatable bonds is 7. The van der Waals surface area contributed by atoms with Gasteiger partial charge in [-0.25, -0.2) is 0 Å². The van der Waals surface area contributed by atoms with Crippen molar-refractivity contribution in [3.8, 4) is 5.75 Å². The molecule has 2 aromatic rings. The maximum atomic E-state index is 12.1. The molecule has 156 valence electrons. The van der Waals surface area contributed by atoms with Gasteiger partial charge in [-0.2, -0.15) is 0 Å². The Labute approximate surface area is 166 Å². The van der Waals surface area contributed by atoms with Gasteiger partial charge in [0, 0.05) is 11.4 Å². The van der Waals surface area contributed by atoms with E-state index in [4.69, 9.17) is 0 Å². The van der Waals surface area contributed by atoms with Crippen molar-refractivity contribution in [3.63, 3.8) is 0 Å². The average molecular weight is 409 g/mol. The fourth-order valence-corrected chi connectivity index (χ4v) is 2.73. The molecule has 2 N–H and O–H groups in total. The van der Waals surface area contributed by atoms with Crippen LogP contribution in [0, 0.1) is 13.8 Å². The summed E-state index contributed by atoms with van der Waals surface area (Å²) in [6, 6.07) is 10.5. The molecule has 2 amide bonds. The van der Waals surface area contributed by atoms with Gasteiger partial charge < -0.3 is 15.4 Å². The Hall–Kier alpha value is -3.07. The first-order chi connectivity index (χ1) is 13.5. The van der Waals surface area contributed by atoms with Gasteiger partial charge in [0.1, 0.15) is 5.75 Å². The highest BCUT2D eigenvalue weighted by atomic mass is 19.4. The van der Waals surface area contributed by atoms with Crippen LogP contribution in [-0.4, -0.2) is 43.2 Å². The molecule has 0 fully saturated rings. The first-order valence-electron chi connectivity index (χ1n) is 8.72. The number of aryl methyl sites for hydroxylation is 2. The van der Waals surface area contributed by atoms with E-state index in [1.54, 1.807) is 7.05 Å². The highest BCUT2D eigenvalue weighted by Crippen LogP contribution is 2.23. The van der Waals surface area contributed by atoms with Gasteiger partial charge in [-0.15, -0.1) is 13.2 Å². The number of hydrogen-bond acceptors (Lipinski definition) is 4. The second-order valence-corrected chi connectivity index (χ2v) is 6.72. The van der Waals surface area contributed by atoms with Gasteiger partial charge in [0.25, 0.3) is 0 Å². The number of anilines is 2. The monoisotopic (exact) mass is 409 g/mol. The third-order valence-corrected chi connectivity index (χ3v) is 3.70. The predicted molar refractivity (Wildman–Crippen MR) is 104 cm³/mol. The van der Waals surface area contributed by atoms with Gasteiger partial charge in [0.2, 0.25) is 11.8 Å². The van der Waals surface area contributed by atoms with Crippen molar-refractivity contribution in [2.24, 2.45) is 0 Å². The Morgan fingerprint density at radius 3 is 1.86 bits per heavy atom. The summed E-state index contributed by atoms with van der Waals surface area (Å²) < 4.78 is 40.2. The van der Waals surface area contributed by atoms with Crippen LogP contribution in [0.1, 0.15) is 11.1 Å². The van der Waals surface area contributed by atoms with Crippen molar-refractivity contribution in [2.75, 3.05) is 30.8 Å². The number of ether oxygens (including phenoxy) is 1. The van der Waals surface area contributed by atoms with Gasteiger partial charge >= 0.3 is 6.36 Å².